The molecule has 1 aromatic rings. The van der Waals surface area contributed by atoms with Crippen LogP contribution in [0.4, 0.5) is 11.4 Å². The lowest BCUT2D eigenvalue weighted by atomic mass is 9.93. The van der Waals surface area contributed by atoms with E-state index < -0.39 is 0 Å². The summed E-state index contributed by atoms with van der Waals surface area (Å²) in [6.07, 6.45) is 4.33. The fraction of sp³-hybridized carbons (Fsp3) is 0.650. The number of aliphatic hydroxyl groups excluding tert-OH is 1. The maximum atomic E-state index is 12.4. The quantitative estimate of drug-likeness (QED) is 0.861. The first-order valence-corrected chi connectivity index (χ1v) is 9.59. The number of anilines is 2. The standard InChI is InChI=1S/C20H31N3O2/c1-15-12-18(23-10-3-4-11-23)7-8-19(15)21-20(25)14-22-9-5-6-17(13-22)16(2)24/h7-8,12,16-17,24H,3-6,9-11,13-14H2,1-2H3,(H,21,25). The molecule has 2 unspecified atom stereocenters. The lowest BCUT2D eigenvalue weighted by Crippen LogP contribution is -2.43. The van der Waals surface area contributed by atoms with E-state index >= 15 is 0 Å². The fourth-order valence-electron chi connectivity index (χ4n) is 3.98. The van der Waals surface area contributed by atoms with Crippen LogP contribution in [0, 0.1) is 12.8 Å². The SMILES string of the molecule is Cc1cc(N2CCCC2)ccc1NC(=O)CN1CCCC(C(C)O)C1. The first-order valence-electron chi connectivity index (χ1n) is 9.59. The van der Waals surface area contributed by atoms with Gasteiger partial charge in [-0.05, 0) is 75.8 Å². The third-order valence-electron chi connectivity index (χ3n) is 5.55. The van der Waals surface area contributed by atoms with E-state index in [0.29, 0.717) is 6.54 Å². The van der Waals surface area contributed by atoms with Gasteiger partial charge in [-0.2, -0.15) is 0 Å². The van der Waals surface area contributed by atoms with Crippen LogP contribution in [-0.4, -0.2) is 54.7 Å². The number of aryl methyl sites for hydroxylation is 1. The van der Waals surface area contributed by atoms with Gasteiger partial charge in [0.15, 0.2) is 0 Å². The van der Waals surface area contributed by atoms with Gasteiger partial charge in [-0.25, -0.2) is 0 Å². The van der Waals surface area contributed by atoms with Gasteiger partial charge in [0.05, 0.1) is 12.6 Å². The van der Waals surface area contributed by atoms with Crippen LogP contribution in [0.3, 0.4) is 0 Å². The number of nitrogens with one attached hydrogen (secondary N) is 1. The second kappa shape index (κ2) is 8.19. The molecule has 5 nitrogen and oxygen atoms in total. The van der Waals surface area contributed by atoms with E-state index in [1.54, 1.807) is 0 Å². The molecular weight excluding hydrogens is 314 g/mol. The molecule has 2 saturated heterocycles. The van der Waals surface area contributed by atoms with Crippen LogP contribution in [0.1, 0.15) is 38.2 Å². The molecule has 2 aliphatic heterocycles. The van der Waals surface area contributed by atoms with Crippen molar-refractivity contribution in [2.75, 3.05) is 42.9 Å². The van der Waals surface area contributed by atoms with Crippen molar-refractivity contribution in [3.05, 3.63) is 23.8 Å². The maximum Gasteiger partial charge on any atom is 0.238 e. The Balaban J connectivity index is 1.55. The molecule has 0 bridgehead atoms. The van der Waals surface area contributed by atoms with Crippen molar-refractivity contribution in [1.82, 2.24) is 4.90 Å². The molecule has 2 heterocycles. The summed E-state index contributed by atoms with van der Waals surface area (Å²) in [5.74, 6) is 0.311. The van der Waals surface area contributed by atoms with Crippen LogP contribution >= 0.6 is 0 Å². The number of benzene rings is 1. The predicted octanol–water partition coefficient (Wildman–Crippen LogP) is 2.63. The Bertz CT molecular complexity index is 597. The second-order valence-electron chi connectivity index (χ2n) is 7.62. The van der Waals surface area contributed by atoms with Gasteiger partial charge in [-0.1, -0.05) is 0 Å². The zero-order valence-corrected chi connectivity index (χ0v) is 15.5. The van der Waals surface area contributed by atoms with Crippen molar-refractivity contribution >= 4 is 17.3 Å². The minimum atomic E-state index is -0.300. The molecule has 1 amide bonds. The highest BCUT2D eigenvalue weighted by Gasteiger charge is 2.24. The summed E-state index contributed by atoms with van der Waals surface area (Å²) in [6, 6.07) is 6.30. The van der Waals surface area contributed by atoms with E-state index in [4.69, 9.17) is 0 Å². The molecule has 0 radical (unpaired) electrons. The number of nitrogens with zero attached hydrogens (tertiary/aromatic N) is 2. The number of likely N-dealkylation sites (tertiary alicyclic amines) is 1. The summed E-state index contributed by atoms with van der Waals surface area (Å²) in [5.41, 5.74) is 3.26. The van der Waals surface area contributed by atoms with E-state index in [0.717, 1.165) is 50.3 Å². The Morgan fingerprint density at radius 3 is 2.72 bits per heavy atom. The monoisotopic (exact) mass is 345 g/mol. The molecule has 3 rings (SSSR count). The summed E-state index contributed by atoms with van der Waals surface area (Å²) in [4.78, 5) is 17.0. The lowest BCUT2D eigenvalue weighted by molar-refractivity contribution is -0.118. The van der Waals surface area contributed by atoms with Crippen molar-refractivity contribution < 1.29 is 9.90 Å². The maximum absolute atomic E-state index is 12.4. The minimum Gasteiger partial charge on any atom is -0.393 e. The van der Waals surface area contributed by atoms with Crippen LogP contribution in [0.5, 0.6) is 0 Å². The normalized spacial score (nSPS) is 22.8. The average Bonchev–Trinajstić information content (AvgIpc) is 3.11. The molecule has 0 aliphatic carbocycles. The molecule has 2 aliphatic rings. The first-order chi connectivity index (χ1) is 12.0. The Kier molecular flexibility index (Phi) is 5.97. The third kappa shape index (κ3) is 4.73. The number of carbonyl (C=O) groups is 1. The smallest absolute Gasteiger partial charge is 0.238 e. The summed E-state index contributed by atoms with van der Waals surface area (Å²) in [6.45, 7) is 8.30. The van der Waals surface area contributed by atoms with Gasteiger partial charge in [0.2, 0.25) is 5.91 Å². The Labute approximate surface area is 151 Å². The molecule has 2 N–H and O–H groups in total. The number of aliphatic hydroxyl groups is 1. The van der Waals surface area contributed by atoms with Gasteiger partial charge in [0, 0.05) is 31.0 Å². The first kappa shape index (κ1) is 18.2. The predicted molar refractivity (Wildman–Crippen MR) is 102 cm³/mol. The van der Waals surface area contributed by atoms with Crippen molar-refractivity contribution in [3.63, 3.8) is 0 Å². The van der Waals surface area contributed by atoms with E-state index in [2.05, 4.69) is 34.2 Å². The van der Waals surface area contributed by atoms with E-state index in [1.165, 1.54) is 18.5 Å². The summed E-state index contributed by atoms with van der Waals surface area (Å²) in [7, 11) is 0. The highest BCUT2D eigenvalue weighted by Crippen LogP contribution is 2.26. The van der Waals surface area contributed by atoms with Crippen molar-refractivity contribution in [3.8, 4) is 0 Å². The van der Waals surface area contributed by atoms with Crippen LogP contribution in [0.2, 0.25) is 0 Å². The zero-order chi connectivity index (χ0) is 17.8. The molecule has 5 heteroatoms. The average molecular weight is 345 g/mol. The lowest BCUT2D eigenvalue weighted by Gasteiger charge is -2.33. The van der Waals surface area contributed by atoms with E-state index in [-0.39, 0.29) is 17.9 Å². The van der Waals surface area contributed by atoms with E-state index in [9.17, 15) is 9.90 Å². The Hall–Kier alpha value is -1.59. The zero-order valence-electron chi connectivity index (χ0n) is 15.5. The van der Waals surface area contributed by atoms with Crippen LogP contribution in [0.25, 0.3) is 0 Å². The van der Waals surface area contributed by atoms with Gasteiger partial charge in [0.1, 0.15) is 0 Å². The topological polar surface area (TPSA) is 55.8 Å². The van der Waals surface area contributed by atoms with Gasteiger partial charge < -0.3 is 15.3 Å². The van der Waals surface area contributed by atoms with Gasteiger partial charge >= 0.3 is 0 Å². The van der Waals surface area contributed by atoms with Crippen molar-refractivity contribution in [2.45, 2.75) is 45.6 Å². The van der Waals surface area contributed by atoms with Gasteiger partial charge in [-0.3, -0.25) is 9.69 Å². The molecule has 0 aromatic heterocycles. The van der Waals surface area contributed by atoms with Crippen LogP contribution in [0.15, 0.2) is 18.2 Å². The number of rotatable bonds is 5. The summed E-state index contributed by atoms with van der Waals surface area (Å²) in [5, 5.41) is 12.8. The number of hydrogen-bond acceptors (Lipinski definition) is 4. The molecule has 2 fully saturated rings. The third-order valence-corrected chi connectivity index (χ3v) is 5.55. The fourth-order valence-corrected chi connectivity index (χ4v) is 3.98. The molecule has 1 aromatic carbocycles. The Morgan fingerprint density at radius 2 is 2.04 bits per heavy atom. The molecule has 0 spiro atoms. The molecule has 0 saturated carbocycles. The number of carbonyl (C=O) groups excluding carboxylic acids is 1. The molecule has 2 atom stereocenters. The highest BCUT2D eigenvalue weighted by atomic mass is 16.3. The molecular formula is C20H31N3O2. The summed E-state index contributed by atoms with van der Waals surface area (Å²) < 4.78 is 0. The summed E-state index contributed by atoms with van der Waals surface area (Å²) >= 11 is 0. The number of hydrogen-bond donors (Lipinski definition) is 2. The molecule has 138 valence electrons. The Morgan fingerprint density at radius 1 is 1.28 bits per heavy atom. The number of amides is 1. The minimum absolute atomic E-state index is 0.0308. The van der Waals surface area contributed by atoms with Crippen molar-refractivity contribution in [1.29, 1.82) is 0 Å². The van der Waals surface area contributed by atoms with Gasteiger partial charge in [0.25, 0.3) is 0 Å². The van der Waals surface area contributed by atoms with Crippen molar-refractivity contribution in [2.24, 2.45) is 5.92 Å². The largest absolute Gasteiger partial charge is 0.393 e. The second-order valence-corrected chi connectivity index (χ2v) is 7.62. The molecule has 25 heavy (non-hydrogen) atoms. The van der Waals surface area contributed by atoms with Crippen LogP contribution in [-0.2, 0) is 4.79 Å². The van der Waals surface area contributed by atoms with Gasteiger partial charge in [-0.15, -0.1) is 0 Å². The highest BCUT2D eigenvalue weighted by molar-refractivity contribution is 5.93. The van der Waals surface area contributed by atoms with Crippen LogP contribution < -0.4 is 10.2 Å². The van der Waals surface area contributed by atoms with E-state index in [1.807, 2.05) is 13.0 Å². The number of piperidine rings is 1.